The van der Waals surface area contributed by atoms with Crippen molar-refractivity contribution < 1.29 is 4.79 Å². The standard InChI is InChI=1S/C11H15NO/c1-4-5-6-10(13)11-8(2)7-9(3)12-11/h4,7,12H,1,5-6H2,2-3H3. The maximum atomic E-state index is 11.6. The van der Waals surface area contributed by atoms with E-state index in [2.05, 4.69) is 11.6 Å². The van der Waals surface area contributed by atoms with Gasteiger partial charge in [0.15, 0.2) is 5.78 Å². The molecule has 1 heterocycles. The summed E-state index contributed by atoms with van der Waals surface area (Å²) in [6.07, 6.45) is 3.06. The molecular formula is C11H15NO. The van der Waals surface area contributed by atoms with Gasteiger partial charge < -0.3 is 4.98 Å². The second-order valence-electron chi connectivity index (χ2n) is 3.26. The normalized spacial score (nSPS) is 10.0. The van der Waals surface area contributed by atoms with Crippen molar-refractivity contribution in [2.45, 2.75) is 26.7 Å². The predicted molar refractivity (Wildman–Crippen MR) is 54.0 cm³/mol. The number of ketones is 1. The van der Waals surface area contributed by atoms with E-state index in [4.69, 9.17) is 0 Å². The topological polar surface area (TPSA) is 32.9 Å². The van der Waals surface area contributed by atoms with Crippen LogP contribution < -0.4 is 0 Å². The van der Waals surface area contributed by atoms with Gasteiger partial charge in [-0.15, -0.1) is 6.58 Å². The van der Waals surface area contributed by atoms with Gasteiger partial charge in [0.25, 0.3) is 0 Å². The van der Waals surface area contributed by atoms with Gasteiger partial charge in [-0.05, 0) is 31.9 Å². The first kappa shape index (κ1) is 9.78. The van der Waals surface area contributed by atoms with Crippen molar-refractivity contribution >= 4 is 5.78 Å². The molecule has 0 aromatic carbocycles. The number of allylic oxidation sites excluding steroid dienone is 1. The third-order valence-electron chi connectivity index (χ3n) is 2.00. The SMILES string of the molecule is C=CCCC(=O)c1[nH]c(C)cc1C. The first-order chi connectivity index (χ1) is 6.15. The molecule has 0 aliphatic rings. The molecule has 1 rings (SSSR count). The molecular weight excluding hydrogens is 162 g/mol. The van der Waals surface area contributed by atoms with E-state index in [9.17, 15) is 4.79 Å². The number of Topliss-reactive ketones (excluding diaryl/α,β-unsaturated/α-hetero) is 1. The molecule has 1 N–H and O–H groups in total. The lowest BCUT2D eigenvalue weighted by Crippen LogP contribution is -2.00. The molecule has 0 fully saturated rings. The van der Waals surface area contributed by atoms with E-state index in [1.807, 2.05) is 19.9 Å². The Labute approximate surface area is 78.7 Å². The summed E-state index contributed by atoms with van der Waals surface area (Å²) >= 11 is 0. The van der Waals surface area contributed by atoms with Crippen molar-refractivity contribution in [3.63, 3.8) is 0 Å². The zero-order valence-corrected chi connectivity index (χ0v) is 8.18. The van der Waals surface area contributed by atoms with Crippen molar-refractivity contribution in [3.8, 4) is 0 Å². The molecule has 0 saturated heterocycles. The monoisotopic (exact) mass is 177 g/mol. The smallest absolute Gasteiger partial charge is 0.179 e. The van der Waals surface area contributed by atoms with Crippen LogP contribution in [0.4, 0.5) is 0 Å². The van der Waals surface area contributed by atoms with Crippen LogP contribution in [0.5, 0.6) is 0 Å². The quantitative estimate of drug-likeness (QED) is 0.556. The molecule has 0 aliphatic carbocycles. The number of carbonyl (C=O) groups excluding carboxylic acids is 1. The summed E-state index contributed by atoms with van der Waals surface area (Å²) in [5.41, 5.74) is 2.82. The number of hydrogen-bond donors (Lipinski definition) is 1. The Hall–Kier alpha value is -1.31. The highest BCUT2D eigenvalue weighted by atomic mass is 16.1. The highest BCUT2D eigenvalue weighted by molar-refractivity contribution is 5.95. The van der Waals surface area contributed by atoms with Gasteiger partial charge in [0, 0.05) is 12.1 Å². The van der Waals surface area contributed by atoms with Gasteiger partial charge in [-0.3, -0.25) is 4.79 Å². The number of aromatic nitrogens is 1. The minimum atomic E-state index is 0.172. The van der Waals surface area contributed by atoms with Crippen molar-refractivity contribution in [3.05, 3.63) is 35.7 Å². The molecule has 0 spiro atoms. The minimum Gasteiger partial charge on any atom is -0.356 e. The second kappa shape index (κ2) is 4.08. The van der Waals surface area contributed by atoms with Gasteiger partial charge in [0.1, 0.15) is 0 Å². The van der Waals surface area contributed by atoms with Gasteiger partial charge in [-0.2, -0.15) is 0 Å². The Balaban J connectivity index is 2.76. The van der Waals surface area contributed by atoms with E-state index in [-0.39, 0.29) is 5.78 Å². The molecule has 70 valence electrons. The molecule has 0 aliphatic heterocycles. The summed E-state index contributed by atoms with van der Waals surface area (Å²) in [5.74, 6) is 0.172. The van der Waals surface area contributed by atoms with Gasteiger partial charge >= 0.3 is 0 Å². The van der Waals surface area contributed by atoms with Gasteiger partial charge in [-0.1, -0.05) is 6.08 Å². The summed E-state index contributed by atoms with van der Waals surface area (Å²) in [6.45, 7) is 7.50. The van der Waals surface area contributed by atoms with E-state index < -0.39 is 0 Å². The van der Waals surface area contributed by atoms with E-state index in [0.29, 0.717) is 6.42 Å². The number of carbonyl (C=O) groups is 1. The van der Waals surface area contributed by atoms with E-state index in [0.717, 1.165) is 23.4 Å². The van der Waals surface area contributed by atoms with Crippen LogP contribution >= 0.6 is 0 Å². The summed E-state index contributed by atoms with van der Waals surface area (Å²) in [5, 5.41) is 0. The second-order valence-corrected chi connectivity index (χ2v) is 3.26. The van der Waals surface area contributed by atoms with Crippen molar-refractivity contribution in [2.75, 3.05) is 0 Å². The number of rotatable bonds is 4. The first-order valence-electron chi connectivity index (χ1n) is 4.45. The van der Waals surface area contributed by atoms with Crippen LogP contribution in [0.2, 0.25) is 0 Å². The lowest BCUT2D eigenvalue weighted by atomic mass is 10.1. The van der Waals surface area contributed by atoms with E-state index in [1.54, 1.807) is 6.08 Å². The average Bonchev–Trinajstić information content (AvgIpc) is 2.41. The lowest BCUT2D eigenvalue weighted by Gasteiger charge is -1.96. The summed E-state index contributed by atoms with van der Waals surface area (Å²) in [7, 11) is 0. The number of aryl methyl sites for hydroxylation is 2. The minimum absolute atomic E-state index is 0.172. The van der Waals surface area contributed by atoms with Crippen LogP contribution in [-0.4, -0.2) is 10.8 Å². The molecule has 0 amide bonds. The fraction of sp³-hybridized carbons (Fsp3) is 0.364. The van der Waals surface area contributed by atoms with Crippen molar-refractivity contribution in [1.29, 1.82) is 0 Å². The van der Waals surface area contributed by atoms with Gasteiger partial charge in [-0.25, -0.2) is 0 Å². The van der Waals surface area contributed by atoms with Crippen LogP contribution in [-0.2, 0) is 0 Å². The molecule has 1 aromatic rings. The van der Waals surface area contributed by atoms with Crippen LogP contribution in [0.15, 0.2) is 18.7 Å². The predicted octanol–water partition coefficient (Wildman–Crippen LogP) is 2.78. The molecule has 1 aromatic heterocycles. The van der Waals surface area contributed by atoms with E-state index in [1.165, 1.54) is 0 Å². The summed E-state index contributed by atoms with van der Waals surface area (Å²) in [6, 6.07) is 1.99. The Bertz CT molecular complexity index is 323. The molecule has 0 radical (unpaired) electrons. The maximum Gasteiger partial charge on any atom is 0.179 e. The molecule has 2 heteroatoms. The fourth-order valence-electron chi connectivity index (χ4n) is 1.38. The summed E-state index contributed by atoms with van der Waals surface area (Å²) < 4.78 is 0. The number of nitrogens with one attached hydrogen (secondary N) is 1. The highest BCUT2D eigenvalue weighted by Gasteiger charge is 2.09. The third kappa shape index (κ3) is 2.31. The fourth-order valence-corrected chi connectivity index (χ4v) is 1.38. The van der Waals surface area contributed by atoms with E-state index >= 15 is 0 Å². The number of hydrogen-bond acceptors (Lipinski definition) is 1. The maximum absolute atomic E-state index is 11.6. The Morgan fingerprint density at radius 3 is 2.77 bits per heavy atom. The van der Waals surface area contributed by atoms with Crippen LogP contribution in [0.1, 0.15) is 34.6 Å². The number of H-pyrrole nitrogens is 1. The zero-order chi connectivity index (χ0) is 9.84. The molecule has 2 nitrogen and oxygen atoms in total. The Kier molecular flexibility index (Phi) is 3.07. The Morgan fingerprint density at radius 2 is 2.31 bits per heavy atom. The van der Waals surface area contributed by atoms with Crippen LogP contribution in [0.3, 0.4) is 0 Å². The van der Waals surface area contributed by atoms with Crippen LogP contribution in [0.25, 0.3) is 0 Å². The number of aromatic amines is 1. The first-order valence-corrected chi connectivity index (χ1v) is 4.45. The van der Waals surface area contributed by atoms with Gasteiger partial charge in [0.2, 0.25) is 0 Å². The molecule has 0 atom stereocenters. The van der Waals surface area contributed by atoms with Crippen molar-refractivity contribution in [1.82, 2.24) is 4.98 Å². The highest BCUT2D eigenvalue weighted by Crippen LogP contribution is 2.12. The largest absolute Gasteiger partial charge is 0.356 e. The molecule has 0 saturated carbocycles. The van der Waals surface area contributed by atoms with Crippen molar-refractivity contribution in [2.24, 2.45) is 0 Å². The zero-order valence-electron chi connectivity index (χ0n) is 8.18. The average molecular weight is 177 g/mol. The third-order valence-corrected chi connectivity index (χ3v) is 2.00. The molecule has 13 heavy (non-hydrogen) atoms. The lowest BCUT2D eigenvalue weighted by molar-refractivity contribution is 0.0979. The summed E-state index contributed by atoms with van der Waals surface area (Å²) in [4.78, 5) is 14.6. The Morgan fingerprint density at radius 1 is 1.62 bits per heavy atom. The molecule has 0 bridgehead atoms. The van der Waals surface area contributed by atoms with Crippen LogP contribution in [0, 0.1) is 13.8 Å². The van der Waals surface area contributed by atoms with Gasteiger partial charge in [0.05, 0.1) is 5.69 Å². The molecule has 0 unspecified atom stereocenters.